The third kappa shape index (κ3) is 2.06. The molecule has 8 fully saturated rings. The summed E-state index contributed by atoms with van der Waals surface area (Å²) in [7, 11) is 0. The number of thiol groups is 1. The zero-order valence-corrected chi connectivity index (χ0v) is 15.5. The number of carbonyl (C=O) groups excluding carboxylic acids is 1. The molecule has 0 atom stereocenters. The first-order valence-electron chi connectivity index (χ1n) is 10.7. The average Bonchev–Trinajstić information content (AvgIpc) is 2.50. The molecule has 8 aliphatic rings. The van der Waals surface area contributed by atoms with E-state index in [4.69, 9.17) is 0 Å². The normalized spacial score (nSPS) is 56.7. The summed E-state index contributed by atoms with van der Waals surface area (Å²) < 4.78 is 0. The van der Waals surface area contributed by atoms with Crippen LogP contribution < -0.4 is 0 Å². The van der Waals surface area contributed by atoms with Crippen LogP contribution >= 0.6 is 12.6 Å². The van der Waals surface area contributed by atoms with Gasteiger partial charge in [-0.15, -0.1) is 0 Å². The molecule has 0 saturated heterocycles. The van der Waals surface area contributed by atoms with Crippen LogP contribution in [0.2, 0.25) is 0 Å². The van der Waals surface area contributed by atoms with E-state index in [2.05, 4.69) is 17.5 Å². The van der Waals surface area contributed by atoms with Crippen LogP contribution in [0.15, 0.2) is 0 Å². The molecular formula is C21H31NOS. The minimum Gasteiger partial charge on any atom is -0.327 e. The summed E-state index contributed by atoms with van der Waals surface area (Å²) in [4.78, 5) is 15.2. The number of nitrogens with zero attached hydrogens (tertiary/aromatic N) is 1. The first kappa shape index (κ1) is 14.9. The van der Waals surface area contributed by atoms with Crippen LogP contribution in [-0.4, -0.2) is 22.2 Å². The van der Waals surface area contributed by atoms with Crippen molar-refractivity contribution in [2.45, 2.75) is 76.3 Å². The van der Waals surface area contributed by atoms with E-state index in [0.29, 0.717) is 12.1 Å². The molecule has 0 aromatic heterocycles. The maximum absolute atomic E-state index is 12.8. The van der Waals surface area contributed by atoms with Gasteiger partial charge in [-0.05, 0) is 112 Å². The van der Waals surface area contributed by atoms with E-state index in [0.717, 1.165) is 47.3 Å². The Balaban J connectivity index is 1.34. The molecule has 0 unspecified atom stereocenters. The highest BCUT2D eigenvalue weighted by molar-refractivity contribution is 7.96. The molecule has 8 saturated carbocycles. The lowest BCUT2D eigenvalue weighted by Gasteiger charge is -2.63. The Morgan fingerprint density at radius 2 is 0.875 bits per heavy atom. The fourth-order valence-electron chi connectivity index (χ4n) is 9.16. The van der Waals surface area contributed by atoms with E-state index >= 15 is 0 Å². The lowest BCUT2D eigenvalue weighted by Crippen LogP contribution is -2.64. The molecule has 24 heavy (non-hydrogen) atoms. The van der Waals surface area contributed by atoms with Crippen molar-refractivity contribution in [2.75, 3.05) is 0 Å². The van der Waals surface area contributed by atoms with Gasteiger partial charge in [0.05, 0.1) is 0 Å². The van der Waals surface area contributed by atoms with Crippen LogP contribution in [0.3, 0.4) is 0 Å². The Labute approximate surface area is 151 Å². The van der Waals surface area contributed by atoms with E-state index in [1.807, 2.05) is 0 Å². The van der Waals surface area contributed by atoms with Crippen LogP contribution in [0.25, 0.3) is 0 Å². The minimum absolute atomic E-state index is 0.116. The molecule has 0 N–H and O–H groups in total. The second-order valence-electron chi connectivity index (χ2n) is 10.5. The molecule has 132 valence electrons. The van der Waals surface area contributed by atoms with E-state index in [1.165, 1.54) is 64.2 Å². The molecule has 0 spiro atoms. The van der Waals surface area contributed by atoms with Crippen molar-refractivity contribution < 1.29 is 4.79 Å². The molecule has 0 heterocycles. The first-order valence-corrected chi connectivity index (χ1v) is 11.1. The predicted octanol–water partition coefficient (Wildman–Crippen LogP) is 4.99. The second-order valence-corrected chi connectivity index (χ2v) is 10.9. The molecule has 3 heteroatoms. The predicted molar refractivity (Wildman–Crippen MR) is 97.9 cm³/mol. The lowest BCUT2D eigenvalue weighted by atomic mass is 9.51. The summed E-state index contributed by atoms with van der Waals surface area (Å²) in [5.74, 6) is 7.14. The summed E-state index contributed by atoms with van der Waals surface area (Å²) >= 11 is 4.46. The lowest BCUT2D eigenvalue weighted by molar-refractivity contribution is -0.109. The molecular weight excluding hydrogens is 314 g/mol. The summed E-state index contributed by atoms with van der Waals surface area (Å²) in [6.45, 7) is 0. The highest BCUT2D eigenvalue weighted by atomic mass is 32.1. The van der Waals surface area contributed by atoms with Gasteiger partial charge in [0, 0.05) is 12.1 Å². The minimum atomic E-state index is 0.116. The number of amides is 1. The molecule has 0 aromatic carbocycles. The molecule has 1 amide bonds. The topological polar surface area (TPSA) is 20.3 Å². The number of carbonyl (C=O) groups is 1. The smallest absolute Gasteiger partial charge is 0.279 e. The standard InChI is InChI=1S/C21H31NOS/c23-21(24)22(19-15-3-11-1-12(5-15)6-16(19)4-11)20-17-7-13-2-14(9-17)10-18(20)8-13/h11-20H,1-10H2,(H,23,24). The van der Waals surface area contributed by atoms with Crippen LogP contribution in [-0.2, 0) is 0 Å². The SMILES string of the molecule is O=C(S)N(C1C2CC3CC(C2)CC1C3)C1C2CC3CC(C2)CC1C3. The highest BCUT2D eigenvalue weighted by Gasteiger charge is 2.56. The monoisotopic (exact) mass is 345 g/mol. The van der Waals surface area contributed by atoms with Gasteiger partial charge >= 0.3 is 0 Å². The largest absolute Gasteiger partial charge is 0.327 e. The molecule has 2 nitrogen and oxygen atoms in total. The summed E-state index contributed by atoms with van der Waals surface area (Å²) in [6.07, 6.45) is 14.2. The molecule has 8 aliphatic carbocycles. The van der Waals surface area contributed by atoms with Gasteiger partial charge in [0.2, 0.25) is 0 Å². The van der Waals surface area contributed by atoms with Crippen LogP contribution in [0, 0.1) is 47.3 Å². The van der Waals surface area contributed by atoms with Gasteiger partial charge in [-0.2, -0.15) is 0 Å². The summed E-state index contributed by atoms with van der Waals surface area (Å²) in [5, 5.41) is 0.116. The molecule has 0 radical (unpaired) electrons. The van der Waals surface area contributed by atoms with Crippen molar-refractivity contribution >= 4 is 17.9 Å². The Hall–Kier alpha value is -0.180. The zero-order chi connectivity index (χ0) is 16.0. The van der Waals surface area contributed by atoms with E-state index in [9.17, 15) is 4.79 Å². The summed E-state index contributed by atoms with van der Waals surface area (Å²) in [5.41, 5.74) is 0. The van der Waals surface area contributed by atoms with Crippen LogP contribution in [0.5, 0.6) is 0 Å². The van der Waals surface area contributed by atoms with Gasteiger partial charge in [-0.3, -0.25) is 4.79 Å². The van der Waals surface area contributed by atoms with Crippen molar-refractivity contribution in [3.05, 3.63) is 0 Å². The summed E-state index contributed by atoms with van der Waals surface area (Å²) in [6, 6.07) is 1.09. The Morgan fingerprint density at radius 3 is 1.12 bits per heavy atom. The quantitative estimate of drug-likeness (QED) is 0.699. The van der Waals surface area contributed by atoms with Crippen molar-refractivity contribution in [1.29, 1.82) is 0 Å². The number of rotatable bonds is 2. The van der Waals surface area contributed by atoms with E-state index < -0.39 is 0 Å². The molecule has 0 aliphatic heterocycles. The number of hydrogen-bond acceptors (Lipinski definition) is 1. The highest BCUT2D eigenvalue weighted by Crippen LogP contribution is 2.59. The Kier molecular flexibility index (Phi) is 3.22. The maximum atomic E-state index is 12.8. The van der Waals surface area contributed by atoms with Crippen molar-refractivity contribution in [2.24, 2.45) is 47.3 Å². The van der Waals surface area contributed by atoms with Gasteiger partial charge < -0.3 is 4.90 Å². The average molecular weight is 346 g/mol. The van der Waals surface area contributed by atoms with Gasteiger partial charge in [-0.1, -0.05) is 12.6 Å². The molecule has 0 aromatic rings. The number of hydrogen-bond donors (Lipinski definition) is 1. The van der Waals surface area contributed by atoms with Crippen molar-refractivity contribution in [3.63, 3.8) is 0 Å². The Bertz CT molecular complexity index is 462. The van der Waals surface area contributed by atoms with Crippen molar-refractivity contribution in [3.8, 4) is 0 Å². The van der Waals surface area contributed by atoms with Gasteiger partial charge in [0.15, 0.2) is 0 Å². The fourth-order valence-corrected chi connectivity index (χ4v) is 9.42. The molecule has 8 rings (SSSR count). The first-order chi connectivity index (χ1) is 11.7. The zero-order valence-electron chi connectivity index (χ0n) is 14.6. The van der Waals surface area contributed by atoms with Crippen LogP contribution in [0.4, 0.5) is 4.79 Å². The van der Waals surface area contributed by atoms with Gasteiger partial charge in [0.1, 0.15) is 0 Å². The van der Waals surface area contributed by atoms with Gasteiger partial charge in [0.25, 0.3) is 5.24 Å². The second kappa shape index (κ2) is 5.18. The van der Waals surface area contributed by atoms with Crippen molar-refractivity contribution in [1.82, 2.24) is 4.90 Å². The van der Waals surface area contributed by atoms with E-state index in [-0.39, 0.29) is 5.24 Å². The Morgan fingerprint density at radius 1 is 0.583 bits per heavy atom. The molecule has 8 bridgehead atoms. The fraction of sp³-hybridized carbons (Fsp3) is 0.952. The van der Waals surface area contributed by atoms with Crippen LogP contribution in [0.1, 0.15) is 64.2 Å². The third-order valence-electron chi connectivity index (χ3n) is 9.22. The maximum Gasteiger partial charge on any atom is 0.279 e. The van der Waals surface area contributed by atoms with Gasteiger partial charge in [-0.25, -0.2) is 0 Å². The third-order valence-corrected chi connectivity index (χ3v) is 9.45. The van der Waals surface area contributed by atoms with E-state index in [1.54, 1.807) is 0 Å².